The van der Waals surface area contributed by atoms with E-state index in [-0.39, 0.29) is 0 Å². The van der Waals surface area contributed by atoms with Crippen molar-refractivity contribution in [1.82, 2.24) is 9.13 Å². The molecule has 0 saturated heterocycles. The number of hydrogen-bond acceptors (Lipinski definition) is 2. The molecule has 3 rings (SSSR count). The molecule has 0 atom stereocenters. The molecule has 0 N–H and O–H groups in total. The van der Waals surface area contributed by atoms with Gasteiger partial charge >= 0.3 is 0 Å². The molecule has 0 aliphatic carbocycles. The highest BCUT2D eigenvalue weighted by Gasteiger charge is 2.44. The van der Waals surface area contributed by atoms with Crippen molar-refractivity contribution >= 4 is 8.40 Å². The molecule has 0 amide bonds. The van der Waals surface area contributed by atoms with Crippen LogP contribution in [0.5, 0.6) is 0 Å². The van der Waals surface area contributed by atoms with E-state index in [1.165, 1.54) is 11.4 Å². The quantitative estimate of drug-likeness (QED) is 0.572. The fourth-order valence-electron chi connectivity index (χ4n) is 2.37. The number of hydrogen-bond donors (Lipinski definition) is 0. The van der Waals surface area contributed by atoms with Gasteiger partial charge in [-0.25, -0.2) is 0 Å². The second-order valence-corrected chi connectivity index (χ2v) is 8.36. The van der Waals surface area contributed by atoms with Gasteiger partial charge in [0, 0.05) is 0 Å². The van der Waals surface area contributed by atoms with E-state index < -0.39 is 8.40 Å². The van der Waals surface area contributed by atoms with E-state index in [9.17, 15) is 0 Å². The zero-order valence-electron chi connectivity index (χ0n) is 9.01. The zero-order valence-corrected chi connectivity index (χ0v) is 10.0. The van der Waals surface area contributed by atoms with Crippen molar-refractivity contribution in [2.45, 2.75) is 13.1 Å². The Morgan fingerprint density at radius 2 is 1.27 bits per heavy atom. The lowest BCUT2D eigenvalue weighted by Crippen LogP contribution is -2.51. The summed E-state index contributed by atoms with van der Waals surface area (Å²) in [7, 11) is -1.55. The minimum Gasteiger partial charge on any atom is -0.355 e. The molecule has 0 radical (unpaired) electrons. The molecule has 0 aromatic rings. The number of nitrogens with zero attached hydrogens (tertiary/aromatic N) is 2. The first-order chi connectivity index (χ1) is 7.21. The third-order valence-corrected chi connectivity index (χ3v) is 6.30. The summed E-state index contributed by atoms with van der Waals surface area (Å²) in [6.45, 7) is 4.74. The third kappa shape index (κ3) is 1.04. The normalized spacial score (nSPS) is 24.9. The van der Waals surface area contributed by atoms with Crippen molar-refractivity contribution in [3.63, 3.8) is 0 Å². The van der Waals surface area contributed by atoms with Crippen LogP contribution < -0.4 is 0 Å². The molecule has 0 spiro atoms. The molecule has 2 nitrogen and oxygen atoms in total. The highest BCUT2D eigenvalue weighted by molar-refractivity contribution is 6.74. The van der Waals surface area contributed by atoms with Crippen molar-refractivity contribution in [3.05, 3.63) is 60.3 Å². The van der Waals surface area contributed by atoms with Crippen molar-refractivity contribution in [3.8, 4) is 0 Å². The van der Waals surface area contributed by atoms with E-state index in [1.807, 2.05) is 0 Å². The highest BCUT2D eigenvalue weighted by atomic mass is 28.3. The van der Waals surface area contributed by atoms with Crippen LogP contribution in [0.3, 0.4) is 0 Å². The van der Waals surface area contributed by atoms with E-state index in [1.54, 1.807) is 0 Å². The van der Waals surface area contributed by atoms with E-state index in [0.717, 1.165) is 0 Å². The molecule has 3 heteroatoms. The number of fused-ring (bicyclic) bond motifs is 2. The van der Waals surface area contributed by atoms with Gasteiger partial charge in [-0.1, -0.05) is 12.2 Å². The first-order valence-electron chi connectivity index (χ1n) is 5.24. The lowest BCUT2D eigenvalue weighted by molar-refractivity contribution is 0.658. The Bertz CT molecular complexity index is 412. The van der Waals surface area contributed by atoms with Gasteiger partial charge in [0.05, 0.1) is 11.4 Å². The Labute approximate surface area is 91.3 Å². The first kappa shape index (κ1) is 8.80. The molecule has 3 aliphatic heterocycles. The second kappa shape index (κ2) is 2.76. The Morgan fingerprint density at radius 1 is 0.800 bits per heavy atom. The molecule has 0 unspecified atom stereocenters. The van der Waals surface area contributed by atoms with Crippen LogP contribution in [-0.2, 0) is 0 Å². The SMILES string of the molecule is C[Si]1(C)N2C=CC=CC2=C2C=CC=CN21. The summed E-state index contributed by atoms with van der Waals surface area (Å²) in [5.74, 6) is 0. The van der Waals surface area contributed by atoms with Crippen molar-refractivity contribution in [1.29, 1.82) is 0 Å². The largest absolute Gasteiger partial charge is 0.355 e. The number of rotatable bonds is 0. The molecule has 0 bridgehead atoms. The smallest absolute Gasteiger partial charge is 0.266 e. The van der Waals surface area contributed by atoms with Crippen LogP contribution in [0, 0.1) is 0 Å². The van der Waals surface area contributed by atoms with Gasteiger partial charge in [0.15, 0.2) is 0 Å². The molecule has 76 valence electrons. The van der Waals surface area contributed by atoms with Crippen molar-refractivity contribution in [2.75, 3.05) is 0 Å². The fourth-order valence-corrected chi connectivity index (χ4v) is 5.07. The minimum absolute atomic E-state index is 1.34. The monoisotopic (exact) mass is 214 g/mol. The van der Waals surface area contributed by atoms with Crippen LogP contribution in [0.15, 0.2) is 60.3 Å². The van der Waals surface area contributed by atoms with Crippen molar-refractivity contribution < 1.29 is 0 Å². The summed E-state index contributed by atoms with van der Waals surface area (Å²) in [5.41, 5.74) is 2.68. The third-order valence-electron chi connectivity index (χ3n) is 3.16. The fraction of sp³-hybridized carbons (Fsp3) is 0.167. The summed E-state index contributed by atoms with van der Waals surface area (Å²) in [6, 6.07) is 0. The average molecular weight is 214 g/mol. The predicted molar refractivity (Wildman–Crippen MR) is 64.7 cm³/mol. The lowest BCUT2D eigenvalue weighted by atomic mass is 10.2. The lowest BCUT2D eigenvalue weighted by Gasteiger charge is -2.36. The number of allylic oxidation sites excluding steroid dienone is 6. The van der Waals surface area contributed by atoms with Gasteiger partial charge in [-0.2, -0.15) is 0 Å². The molecule has 0 aromatic carbocycles. The molecule has 3 heterocycles. The summed E-state index contributed by atoms with van der Waals surface area (Å²) in [6.07, 6.45) is 17.3. The van der Waals surface area contributed by atoms with Gasteiger partial charge in [0.2, 0.25) is 0 Å². The first-order valence-corrected chi connectivity index (χ1v) is 8.13. The highest BCUT2D eigenvalue weighted by Crippen LogP contribution is 2.38. The van der Waals surface area contributed by atoms with Gasteiger partial charge in [-0.05, 0) is 49.8 Å². The van der Waals surface area contributed by atoms with Crippen LogP contribution >= 0.6 is 0 Å². The Balaban J connectivity index is 2.19. The maximum Gasteiger partial charge on any atom is 0.266 e. The Morgan fingerprint density at radius 3 is 1.73 bits per heavy atom. The van der Waals surface area contributed by atoms with Gasteiger partial charge in [-0.3, -0.25) is 0 Å². The molecular weight excluding hydrogens is 200 g/mol. The minimum atomic E-state index is -1.55. The van der Waals surface area contributed by atoms with E-state index in [0.29, 0.717) is 0 Å². The molecule has 0 fully saturated rings. The molecule has 0 saturated carbocycles. The summed E-state index contributed by atoms with van der Waals surface area (Å²) < 4.78 is 4.89. The zero-order chi connectivity index (χ0) is 10.5. The maximum atomic E-state index is 2.45. The van der Waals surface area contributed by atoms with E-state index in [4.69, 9.17) is 0 Å². The predicted octanol–water partition coefficient (Wildman–Crippen LogP) is 2.68. The van der Waals surface area contributed by atoms with Crippen LogP contribution in [0.4, 0.5) is 0 Å². The molecular formula is C12H14N2Si. The van der Waals surface area contributed by atoms with E-state index >= 15 is 0 Å². The maximum absolute atomic E-state index is 2.45. The van der Waals surface area contributed by atoms with Gasteiger partial charge in [0.25, 0.3) is 8.40 Å². The van der Waals surface area contributed by atoms with Gasteiger partial charge in [-0.15, -0.1) is 0 Å². The second-order valence-electron chi connectivity index (χ2n) is 4.41. The van der Waals surface area contributed by atoms with Crippen LogP contribution in [-0.4, -0.2) is 17.5 Å². The van der Waals surface area contributed by atoms with Gasteiger partial charge < -0.3 is 9.13 Å². The Hall–Kier alpha value is -1.48. The molecule has 3 aliphatic rings. The Kier molecular flexibility index (Phi) is 1.62. The van der Waals surface area contributed by atoms with E-state index in [2.05, 4.69) is 71.1 Å². The molecule has 0 aromatic heterocycles. The topological polar surface area (TPSA) is 6.48 Å². The van der Waals surface area contributed by atoms with Crippen LogP contribution in [0.2, 0.25) is 13.1 Å². The average Bonchev–Trinajstić information content (AvgIpc) is 2.51. The van der Waals surface area contributed by atoms with Crippen molar-refractivity contribution in [2.24, 2.45) is 0 Å². The van der Waals surface area contributed by atoms with Crippen LogP contribution in [0.25, 0.3) is 0 Å². The summed E-state index contributed by atoms with van der Waals surface area (Å²) in [4.78, 5) is 0. The standard InChI is InChI=1S/C12H14N2Si/c1-15(2)13-9-5-3-7-11(13)12-8-4-6-10-14(12)15/h3-10H,1-2H3. The summed E-state index contributed by atoms with van der Waals surface area (Å²) >= 11 is 0. The van der Waals surface area contributed by atoms with Gasteiger partial charge in [0.1, 0.15) is 0 Å². The molecule has 15 heavy (non-hydrogen) atoms. The van der Waals surface area contributed by atoms with Crippen LogP contribution in [0.1, 0.15) is 0 Å². The summed E-state index contributed by atoms with van der Waals surface area (Å²) in [5, 5.41) is 0.